The average Bonchev–Trinajstić information content (AvgIpc) is 3.14. The van der Waals surface area contributed by atoms with Gasteiger partial charge < -0.3 is 9.05 Å². The number of aromatic nitrogens is 3. The molecule has 0 aromatic carbocycles. The lowest BCUT2D eigenvalue weighted by Crippen LogP contribution is -2.45. The lowest BCUT2D eigenvalue weighted by molar-refractivity contribution is 0.105. The van der Waals surface area contributed by atoms with Gasteiger partial charge in [-0.1, -0.05) is 10.3 Å². The van der Waals surface area contributed by atoms with E-state index >= 15 is 0 Å². The molecule has 118 valence electrons. The van der Waals surface area contributed by atoms with E-state index in [-0.39, 0.29) is 0 Å². The summed E-state index contributed by atoms with van der Waals surface area (Å²) in [6.07, 6.45) is 2.41. The van der Waals surface area contributed by atoms with Crippen molar-refractivity contribution >= 4 is 0 Å². The van der Waals surface area contributed by atoms with Gasteiger partial charge in [-0.25, -0.2) is 0 Å². The standard InChI is InChI=1S/C15H21N5O2/c1-11-8-13(21-17-11)9-19-4-6-20(7-5-19)10-14-16-15(18-22-14)12-2-3-12/h8,12H,2-7,9-10H2,1H3. The molecule has 1 saturated carbocycles. The van der Waals surface area contributed by atoms with Gasteiger partial charge in [0, 0.05) is 38.2 Å². The minimum Gasteiger partial charge on any atom is -0.360 e. The van der Waals surface area contributed by atoms with Crippen molar-refractivity contribution in [2.24, 2.45) is 0 Å². The van der Waals surface area contributed by atoms with E-state index in [0.29, 0.717) is 5.92 Å². The van der Waals surface area contributed by atoms with Crippen molar-refractivity contribution < 1.29 is 9.05 Å². The molecule has 2 aromatic rings. The van der Waals surface area contributed by atoms with E-state index < -0.39 is 0 Å². The van der Waals surface area contributed by atoms with Gasteiger partial charge in [-0.3, -0.25) is 9.80 Å². The molecule has 4 rings (SSSR count). The first-order chi connectivity index (χ1) is 10.8. The zero-order valence-corrected chi connectivity index (χ0v) is 12.9. The molecule has 2 aliphatic rings. The Morgan fingerprint density at radius 1 is 1.05 bits per heavy atom. The summed E-state index contributed by atoms with van der Waals surface area (Å²) in [6, 6.07) is 2.00. The van der Waals surface area contributed by atoms with E-state index in [1.54, 1.807) is 0 Å². The summed E-state index contributed by atoms with van der Waals surface area (Å²) in [4.78, 5) is 9.26. The normalized spacial score (nSPS) is 20.6. The number of aryl methyl sites for hydroxylation is 1. The average molecular weight is 303 g/mol. The van der Waals surface area contributed by atoms with Crippen molar-refractivity contribution in [3.63, 3.8) is 0 Å². The van der Waals surface area contributed by atoms with Crippen molar-refractivity contribution in [1.82, 2.24) is 25.1 Å². The van der Waals surface area contributed by atoms with Gasteiger partial charge in [0.25, 0.3) is 0 Å². The Kier molecular flexibility index (Phi) is 3.67. The molecule has 22 heavy (non-hydrogen) atoms. The molecule has 2 aromatic heterocycles. The molecule has 3 heterocycles. The van der Waals surface area contributed by atoms with Gasteiger partial charge in [0.15, 0.2) is 11.6 Å². The second kappa shape index (κ2) is 5.81. The highest BCUT2D eigenvalue weighted by Gasteiger charge is 2.29. The summed E-state index contributed by atoms with van der Waals surface area (Å²) in [6.45, 7) is 7.59. The van der Waals surface area contributed by atoms with Crippen LogP contribution in [0.2, 0.25) is 0 Å². The largest absolute Gasteiger partial charge is 0.360 e. The Balaban J connectivity index is 1.26. The zero-order chi connectivity index (χ0) is 14.9. The third-order valence-electron chi connectivity index (χ3n) is 4.31. The van der Waals surface area contributed by atoms with Gasteiger partial charge in [-0.05, 0) is 19.8 Å². The monoisotopic (exact) mass is 303 g/mol. The van der Waals surface area contributed by atoms with Gasteiger partial charge in [0.05, 0.1) is 18.8 Å². The predicted octanol–water partition coefficient (Wildman–Crippen LogP) is 1.56. The van der Waals surface area contributed by atoms with Crippen molar-refractivity contribution in [3.05, 3.63) is 29.2 Å². The topological polar surface area (TPSA) is 71.4 Å². The van der Waals surface area contributed by atoms with Crippen LogP contribution in [0, 0.1) is 6.92 Å². The summed E-state index contributed by atoms with van der Waals surface area (Å²) in [5, 5.41) is 8.01. The molecule has 0 radical (unpaired) electrons. The van der Waals surface area contributed by atoms with Crippen molar-refractivity contribution in [1.29, 1.82) is 0 Å². The Bertz CT molecular complexity index is 625. The first-order valence-corrected chi connectivity index (χ1v) is 7.95. The summed E-state index contributed by atoms with van der Waals surface area (Å²) < 4.78 is 10.6. The third kappa shape index (κ3) is 3.20. The van der Waals surface area contributed by atoms with Crippen LogP contribution in [0.15, 0.2) is 15.1 Å². The molecule has 0 amide bonds. The van der Waals surface area contributed by atoms with Crippen LogP contribution >= 0.6 is 0 Å². The van der Waals surface area contributed by atoms with Gasteiger partial charge >= 0.3 is 0 Å². The fraction of sp³-hybridized carbons (Fsp3) is 0.667. The number of hydrogen-bond acceptors (Lipinski definition) is 7. The lowest BCUT2D eigenvalue weighted by atomic mass is 10.3. The molecule has 1 aliphatic heterocycles. The molecule has 0 unspecified atom stereocenters. The quantitative estimate of drug-likeness (QED) is 0.830. The molecular weight excluding hydrogens is 282 g/mol. The molecule has 0 N–H and O–H groups in total. The van der Waals surface area contributed by atoms with Crippen LogP contribution in [0.1, 0.15) is 41.9 Å². The Hall–Kier alpha value is -1.73. The van der Waals surface area contributed by atoms with E-state index in [0.717, 1.165) is 62.4 Å². The number of hydrogen-bond donors (Lipinski definition) is 0. The van der Waals surface area contributed by atoms with E-state index in [1.165, 1.54) is 12.8 Å². The maximum atomic E-state index is 5.35. The third-order valence-corrected chi connectivity index (χ3v) is 4.31. The molecule has 0 spiro atoms. The fourth-order valence-corrected chi connectivity index (χ4v) is 2.85. The van der Waals surface area contributed by atoms with Crippen LogP contribution in [0.25, 0.3) is 0 Å². The first-order valence-electron chi connectivity index (χ1n) is 7.95. The molecular formula is C15H21N5O2. The fourth-order valence-electron chi connectivity index (χ4n) is 2.85. The highest BCUT2D eigenvalue weighted by atomic mass is 16.5. The SMILES string of the molecule is Cc1cc(CN2CCN(Cc3nc(C4CC4)no3)CC2)on1. The maximum absolute atomic E-state index is 5.35. The van der Waals surface area contributed by atoms with Crippen LogP contribution in [0.3, 0.4) is 0 Å². The lowest BCUT2D eigenvalue weighted by Gasteiger charge is -2.33. The highest BCUT2D eigenvalue weighted by molar-refractivity contribution is 5.04. The second-order valence-corrected chi connectivity index (χ2v) is 6.31. The van der Waals surface area contributed by atoms with Crippen molar-refractivity contribution in [2.45, 2.75) is 38.8 Å². The predicted molar refractivity (Wildman–Crippen MR) is 78.1 cm³/mol. The van der Waals surface area contributed by atoms with Crippen LogP contribution in [-0.4, -0.2) is 51.3 Å². The van der Waals surface area contributed by atoms with E-state index in [9.17, 15) is 0 Å². The van der Waals surface area contributed by atoms with Gasteiger partial charge in [-0.2, -0.15) is 4.98 Å². The summed E-state index contributed by atoms with van der Waals surface area (Å²) in [5.41, 5.74) is 0.941. The minimum absolute atomic E-state index is 0.555. The summed E-state index contributed by atoms with van der Waals surface area (Å²) >= 11 is 0. The number of rotatable bonds is 5. The van der Waals surface area contributed by atoms with Crippen LogP contribution in [-0.2, 0) is 13.1 Å². The van der Waals surface area contributed by atoms with Gasteiger partial charge in [0.1, 0.15) is 0 Å². The number of nitrogens with zero attached hydrogens (tertiary/aromatic N) is 5. The smallest absolute Gasteiger partial charge is 0.240 e. The van der Waals surface area contributed by atoms with Crippen molar-refractivity contribution in [2.75, 3.05) is 26.2 Å². The number of piperazine rings is 1. The summed E-state index contributed by atoms with van der Waals surface area (Å²) in [7, 11) is 0. The summed E-state index contributed by atoms with van der Waals surface area (Å²) in [5.74, 6) is 3.15. The van der Waals surface area contributed by atoms with Crippen LogP contribution < -0.4 is 0 Å². The molecule has 0 atom stereocenters. The molecule has 7 nitrogen and oxygen atoms in total. The van der Waals surface area contributed by atoms with Gasteiger partial charge in [-0.15, -0.1) is 0 Å². The molecule has 0 bridgehead atoms. The Morgan fingerprint density at radius 2 is 1.77 bits per heavy atom. The van der Waals surface area contributed by atoms with Crippen LogP contribution in [0.4, 0.5) is 0 Å². The molecule has 2 fully saturated rings. The van der Waals surface area contributed by atoms with Crippen LogP contribution in [0.5, 0.6) is 0 Å². The zero-order valence-electron chi connectivity index (χ0n) is 12.9. The second-order valence-electron chi connectivity index (χ2n) is 6.31. The molecule has 1 saturated heterocycles. The van der Waals surface area contributed by atoms with E-state index in [1.807, 2.05) is 13.0 Å². The molecule has 7 heteroatoms. The maximum Gasteiger partial charge on any atom is 0.240 e. The molecule has 1 aliphatic carbocycles. The van der Waals surface area contributed by atoms with E-state index in [2.05, 4.69) is 25.1 Å². The first kappa shape index (κ1) is 13.9. The van der Waals surface area contributed by atoms with E-state index in [4.69, 9.17) is 9.05 Å². The minimum atomic E-state index is 0.555. The highest BCUT2D eigenvalue weighted by Crippen LogP contribution is 2.38. The van der Waals surface area contributed by atoms with Crippen molar-refractivity contribution in [3.8, 4) is 0 Å². The Labute approximate surface area is 129 Å². The van der Waals surface area contributed by atoms with Gasteiger partial charge in [0.2, 0.25) is 5.89 Å². The Morgan fingerprint density at radius 3 is 2.41 bits per heavy atom.